The number of carbonyl (C=O) groups is 1. The van der Waals surface area contributed by atoms with Crippen LogP contribution in [-0.4, -0.2) is 32.2 Å². The fourth-order valence-electron chi connectivity index (χ4n) is 3.25. The van der Waals surface area contributed by atoms with Crippen LogP contribution >= 0.6 is 0 Å². The number of anilines is 2. The molecule has 1 aliphatic heterocycles. The summed E-state index contributed by atoms with van der Waals surface area (Å²) in [6.45, 7) is 1.09. The normalized spacial score (nSPS) is 13.9. The lowest BCUT2D eigenvalue weighted by molar-refractivity contribution is -0.111. The number of ether oxygens (including phenoxy) is 2. The van der Waals surface area contributed by atoms with Gasteiger partial charge in [0.1, 0.15) is 0 Å². The van der Waals surface area contributed by atoms with Crippen molar-refractivity contribution in [2.24, 2.45) is 0 Å². The largest absolute Gasteiger partial charge is 0.490 e. The third kappa shape index (κ3) is 5.70. The van der Waals surface area contributed by atoms with Gasteiger partial charge in [0, 0.05) is 19.2 Å². The number of hydrogen-bond acceptors (Lipinski definition) is 4. The van der Waals surface area contributed by atoms with Crippen LogP contribution in [0.4, 0.5) is 20.2 Å². The summed E-state index contributed by atoms with van der Waals surface area (Å²) in [5.74, 6) is -0.111. The molecule has 29 heavy (non-hydrogen) atoms. The summed E-state index contributed by atoms with van der Waals surface area (Å²) in [6, 6.07) is 12.3. The number of carbonyl (C=O) groups excluding carboxylic acids is 1. The average molecular weight is 402 g/mol. The van der Waals surface area contributed by atoms with E-state index in [4.69, 9.17) is 4.74 Å². The fourth-order valence-corrected chi connectivity index (χ4v) is 3.25. The molecule has 1 aliphatic rings. The number of nitrogens with one attached hydrogen (secondary N) is 1. The van der Waals surface area contributed by atoms with Crippen molar-refractivity contribution < 1.29 is 23.0 Å². The van der Waals surface area contributed by atoms with Gasteiger partial charge in [-0.1, -0.05) is 18.2 Å². The molecule has 0 aliphatic carbocycles. The lowest BCUT2D eigenvalue weighted by Gasteiger charge is -2.21. The summed E-state index contributed by atoms with van der Waals surface area (Å²) < 4.78 is 34.8. The van der Waals surface area contributed by atoms with Gasteiger partial charge < -0.3 is 19.7 Å². The Kier molecular flexibility index (Phi) is 7.05. The molecular weight excluding hydrogens is 378 g/mol. The highest BCUT2D eigenvalue weighted by molar-refractivity contribution is 6.03. The van der Waals surface area contributed by atoms with E-state index in [2.05, 4.69) is 15.0 Å². The molecule has 0 unspecified atom stereocenters. The molecule has 1 N–H and O–H groups in total. The van der Waals surface area contributed by atoms with E-state index in [9.17, 15) is 13.6 Å². The zero-order valence-electron chi connectivity index (χ0n) is 16.2. The molecule has 7 heteroatoms. The van der Waals surface area contributed by atoms with Crippen LogP contribution in [0.15, 0.2) is 48.5 Å². The van der Waals surface area contributed by atoms with Gasteiger partial charge >= 0.3 is 6.61 Å². The minimum atomic E-state index is -2.93. The van der Waals surface area contributed by atoms with Gasteiger partial charge in [0.05, 0.1) is 18.0 Å². The molecular formula is C22H24F2N2O3. The first-order valence-corrected chi connectivity index (χ1v) is 9.61. The molecule has 1 heterocycles. The van der Waals surface area contributed by atoms with Crippen molar-refractivity contribution in [2.75, 3.05) is 29.9 Å². The maximum absolute atomic E-state index is 12.5. The Balaban J connectivity index is 1.70. The average Bonchev–Trinajstić information content (AvgIpc) is 3.23. The summed E-state index contributed by atoms with van der Waals surface area (Å²) in [5, 5.41) is 2.91. The topological polar surface area (TPSA) is 50.8 Å². The highest BCUT2D eigenvalue weighted by Crippen LogP contribution is 2.31. The second-order valence-electron chi connectivity index (χ2n) is 6.55. The summed E-state index contributed by atoms with van der Waals surface area (Å²) in [5.41, 5.74) is 2.41. The van der Waals surface area contributed by atoms with Crippen molar-refractivity contribution in [3.8, 4) is 11.5 Å². The van der Waals surface area contributed by atoms with Gasteiger partial charge in [-0.3, -0.25) is 4.79 Å². The minimum absolute atomic E-state index is 0.0389. The van der Waals surface area contributed by atoms with Gasteiger partial charge in [-0.05, 0) is 55.7 Å². The Labute approximate surface area is 168 Å². The maximum atomic E-state index is 12.5. The van der Waals surface area contributed by atoms with Crippen molar-refractivity contribution in [2.45, 2.75) is 26.4 Å². The van der Waals surface area contributed by atoms with Gasteiger partial charge in [0.25, 0.3) is 0 Å². The highest BCUT2D eigenvalue weighted by Gasteiger charge is 2.16. The summed E-state index contributed by atoms with van der Waals surface area (Å²) >= 11 is 0. The van der Waals surface area contributed by atoms with Crippen molar-refractivity contribution in [3.05, 3.63) is 54.1 Å². The quantitative estimate of drug-likeness (QED) is 0.636. The van der Waals surface area contributed by atoms with E-state index >= 15 is 0 Å². The number of para-hydroxylation sites is 2. The molecule has 1 fully saturated rings. The summed E-state index contributed by atoms with van der Waals surface area (Å²) in [7, 11) is 0. The first-order chi connectivity index (χ1) is 14.1. The van der Waals surface area contributed by atoms with E-state index in [-0.39, 0.29) is 17.4 Å². The first kappa shape index (κ1) is 20.6. The molecule has 5 nitrogen and oxygen atoms in total. The van der Waals surface area contributed by atoms with Gasteiger partial charge in [-0.15, -0.1) is 0 Å². The molecule has 0 aromatic heterocycles. The number of hydrogen-bond donors (Lipinski definition) is 1. The van der Waals surface area contributed by atoms with Crippen LogP contribution in [-0.2, 0) is 4.79 Å². The molecule has 0 radical (unpaired) electrons. The highest BCUT2D eigenvalue weighted by atomic mass is 19.3. The number of rotatable bonds is 8. The number of amides is 1. The summed E-state index contributed by atoms with van der Waals surface area (Å²) in [4.78, 5) is 14.7. The maximum Gasteiger partial charge on any atom is 0.387 e. The first-order valence-electron chi connectivity index (χ1n) is 9.61. The molecule has 2 aromatic carbocycles. The molecule has 0 atom stereocenters. The number of halogens is 2. The third-order valence-electron chi connectivity index (χ3n) is 4.52. The second-order valence-corrected chi connectivity index (χ2v) is 6.55. The molecule has 2 aromatic rings. The van der Waals surface area contributed by atoms with E-state index in [1.165, 1.54) is 12.1 Å². The number of alkyl halides is 2. The van der Waals surface area contributed by atoms with E-state index in [1.54, 1.807) is 25.1 Å². The lowest BCUT2D eigenvalue weighted by atomic mass is 10.2. The van der Waals surface area contributed by atoms with Crippen LogP contribution in [0.1, 0.15) is 25.3 Å². The van der Waals surface area contributed by atoms with Crippen LogP contribution in [0.3, 0.4) is 0 Å². The van der Waals surface area contributed by atoms with Crippen molar-refractivity contribution in [1.29, 1.82) is 0 Å². The molecule has 1 saturated heterocycles. The van der Waals surface area contributed by atoms with Crippen LogP contribution in [0.2, 0.25) is 0 Å². The van der Waals surface area contributed by atoms with Crippen molar-refractivity contribution >= 4 is 23.4 Å². The molecule has 0 bridgehead atoms. The van der Waals surface area contributed by atoms with E-state index in [0.29, 0.717) is 12.2 Å². The van der Waals surface area contributed by atoms with Gasteiger partial charge in [0.15, 0.2) is 11.5 Å². The SMILES string of the molecule is CCOc1cc(/C=C/C(=O)Nc2ccccc2N2CCCC2)ccc1OC(F)F. The smallest absolute Gasteiger partial charge is 0.387 e. The molecule has 154 valence electrons. The lowest BCUT2D eigenvalue weighted by Crippen LogP contribution is -2.20. The Morgan fingerprint density at radius 3 is 2.66 bits per heavy atom. The predicted molar refractivity (Wildman–Crippen MR) is 110 cm³/mol. The van der Waals surface area contributed by atoms with Gasteiger partial charge in [0.2, 0.25) is 5.91 Å². The molecule has 0 spiro atoms. The van der Waals surface area contributed by atoms with Crippen molar-refractivity contribution in [3.63, 3.8) is 0 Å². The monoisotopic (exact) mass is 402 g/mol. The Morgan fingerprint density at radius 2 is 1.93 bits per heavy atom. The van der Waals surface area contributed by atoms with Crippen LogP contribution in [0.25, 0.3) is 6.08 Å². The Morgan fingerprint density at radius 1 is 1.17 bits per heavy atom. The standard InChI is InChI=1S/C22H24F2N2O3/c1-2-28-20-15-16(9-11-19(20)29-22(23)24)10-12-21(27)25-17-7-3-4-8-18(17)26-13-5-6-14-26/h3-4,7-12,15,22H,2,5-6,13-14H2,1H3,(H,25,27)/b12-10+. The third-order valence-corrected chi connectivity index (χ3v) is 4.52. The minimum Gasteiger partial charge on any atom is -0.490 e. The zero-order valence-corrected chi connectivity index (χ0v) is 16.2. The van der Waals surface area contributed by atoms with Crippen molar-refractivity contribution in [1.82, 2.24) is 0 Å². The molecule has 3 rings (SSSR count). The van der Waals surface area contributed by atoms with E-state index < -0.39 is 6.61 Å². The van der Waals surface area contributed by atoms with Crippen LogP contribution in [0.5, 0.6) is 11.5 Å². The molecule has 1 amide bonds. The van der Waals surface area contributed by atoms with E-state index in [0.717, 1.165) is 37.3 Å². The fraction of sp³-hybridized carbons (Fsp3) is 0.318. The number of benzene rings is 2. The Hall–Kier alpha value is -3.09. The van der Waals surface area contributed by atoms with Gasteiger partial charge in [-0.25, -0.2) is 0 Å². The predicted octanol–water partition coefficient (Wildman–Crippen LogP) is 4.94. The molecule has 0 saturated carbocycles. The van der Waals surface area contributed by atoms with Crippen LogP contribution < -0.4 is 19.7 Å². The van der Waals surface area contributed by atoms with E-state index in [1.807, 2.05) is 24.3 Å². The van der Waals surface area contributed by atoms with Crippen LogP contribution in [0, 0.1) is 0 Å². The summed E-state index contributed by atoms with van der Waals surface area (Å²) in [6.07, 6.45) is 5.30. The second kappa shape index (κ2) is 9.91. The Bertz CT molecular complexity index is 865. The zero-order chi connectivity index (χ0) is 20.6. The number of nitrogens with zero attached hydrogens (tertiary/aromatic N) is 1. The van der Waals surface area contributed by atoms with Gasteiger partial charge in [-0.2, -0.15) is 8.78 Å².